The quantitative estimate of drug-likeness (QED) is 0.501. The molecule has 2 aromatic carbocycles. The van der Waals surface area contributed by atoms with Crippen LogP contribution in [0, 0.1) is 13.8 Å². The van der Waals surface area contributed by atoms with Crippen LogP contribution in [0.15, 0.2) is 34.7 Å². The second-order valence-corrected chi connectivity index (χ2v) is 5.36. The number of hydrogen-bond donors (Lipinski definition) is 0. The van der Waals surface area contributed by atoms with Gasteiger partial charge in [-0.05, 0) is 43.0 Å². The monoisotopic (exact) mass is 268 g/mol. The molecule has 1 aromatic heterocycles. The van der Waals surface area contributed by atoms with Gasteiger partial charge in [0.1, 0.15) is 11.2 Å². The van der Waals surface area contributed by atoms with E-state index in [0.29, 0.717) is 5.92 Å². The molecule has 0 spiro atoms. The molecule has 0 amide bonds. The van der Waals surface area contributed by atoms with E-state index < -0.39 is 0 Å². The number of furan rings is 1. The first-order valence-corrected chi connectivity index (χ1v) is 7.51. The van der Waals surface area contributed by atoms with E-state index in [-0.39, 0.29) is 0 Å². The summed E-state index contributed by atoms with van der Waals surface area (Å²) < 4.78 is 6.08. The Kier molecular flexibility index (Phi) is 4.17. The summed E-state index contributed by atoms with van der Waals surface area (Å²) in [5.41, 5.74) is 6.10. The molecule has 20 heavy (non-hydrogen) atoms. The lowest BCUT2D eigenvalue weighted by Gasteiger charge is -2.12. The van der Waals surface area contributed by atoms with Gasteiger partial charge in [-0.25, -0.2) is 0 Å². The number of hydrogen-bond acceptors (Lipinski definition) is 1. The molecule has 3 aromatic rings. The highest BCUT2D eigenvalue weighted by molar-refractivity contribution is 6.06. The Balaban J connectivity index is 0.000000704. The molecule has 0 aliphatic heterocycles. The molecule has 0 N–H and O–H groups in total. The molecule has 1 nitrogen and oxygen atoms in total. The molecule has 0 bridgehead atoms. The highest BCUT2D eigenvalue weighted by atomic mass is 16.3. The lowest BCUT2D eigenvalue weighted by Crippen LogP contribution is -1.95. The van der Waals surface area contributed by atoms with Gasteiger partial charge in [-0.3, -0.25) is 0 Å². The number of benzene rings is 2. The maximum absolute atomic E-state index is 6.08. The van der Waals surface area contributed by atoms with Crippen molar-refractivity contribution in [2.24, 2.45) is 0 Å². The van der Waals surface area contributed by atoms with Crippen molar-refractivity contribution < 1.29 is 4.42 Å². The van der Waals surface area contributed by atoms with Crippen molar-refractivity contribution in [1.82, 2.24) is 0 Å². The van der Waals surface area contributed by atoms with Crippen molar-refractivity contribution in [2.45, 2.75) is 47.5 Å². The first kappa shape index (κ1) is 14.6. The molecule has 0 radical (unpaired) electrons. The van der Waals surface area contributed by atoms with Gasteiger partial charge in [-0.1, -0.05) is 45.9 Å². The molecule has 0 fully saturated rings. The largest absolute Gasteiger partial charge is 0.456 e. The maximum atomic E-state index is 6.08. The van der Waals surface area contributed by atoms with Gasteiger partial charge in [-0.15, -0.1) is 0 Å². The molecule has 0 saturated heterocycles. The highest BCUT2D eigenvalue weighted by Gasteiger charge is 2.16. The minimum absolute atomic E-state index is 0.480. The molecular weight excluding hydrogens is 244 g/mol. The van der Waals surface area contributed by atoms with Crippen molar-refractivity contribution >= 4 is 21.9 Å². The van der Waals surface area contributed by atoms with Crippen LogP contribution < -0.4 is 0 Å². The van der Waals surface area contributed by atoms with Gasteiger partial charge in [0.15, 0.2) is 0 Å². The van der Waals surface area contributed by atoms with Crippen LogP contribution in [0.2, 0.25) is 0 Å². The van der Waals surface area contributed by atoms with Gasteiger partial charge in [0.25, 0.3) is 0 Å². The normalized spacial score (nSPS) is 10.9. The molecular formula is C19H24O. The van der Waals surface area contributed by atoms with Crippen LogP contribution in [0.1, 0.15) is 50.3 Å². The molecule has 0 aliphatic rings. The summed E-state index contributed by atoms with van der Waals surface area (Å²) in [7, 11) is 0. The van der Waals surface area contributed by atoms with Crippen molar-refractivity contribution in [3.63, 3.8) is 0 Å². The maximum Gasteiger partial charge on any atom is 0.139 e. The van der Waals surface area contributed by atoms with Crippen molar-refractivity contribution in [3.8, 4) is 0 Å². The van der Waals surface area contributed by atoms with Gasteiger partial charge in [0.05, 0.1) is 0 Å². The SMILES string of the molecule is CC.Cc1cc2c(oc3ccccc32)c(C(C)C)c1C. The Bertz CT molecular complexity index is 732. The van der Waals surface area contributed by atoms with E-state index in [1.807, 2.05) is 26.0 Å². The zero-order chi connectivity index (χ0) is 14.9. The molecule has 3 rings (SSSR count). The number of aryl methyl sites for hydroxylation is 1. The fourth-order valence-corrected chi connectivity index (χ4v) is 2.81. The Hall–Kier alpha value is -1.76. The predicted octanol–water partition coefficient (Wildman–Crippen LogP) is 6.35. The zero-order valence-electron chi connectivity index (χ0n) is 13.4. The fourth-order valence-electron chi connectivity index (χ4n) is 2.81. The summed E-state index contributed by atoms with van der Waals surface area (Å²) in [6, 6.07) is 10.5. The fraction of sp³-hybridized carbons (Fsp3) is 0.368. The summed E-state index contributed by atoms with van der Waals surface area (Å²) in [5, 5.41) is 2.47. The van der Waals surface area contributed by atoms with Gasteiger partial charge in [-0.2, -0.15) is 0 Å². The second-order valence-electron chi connectivity index (χ2n) is 5.36. The molecule has 1 heterocycles. The topological polar surface area (TPSA) is 13.1 Å². The average Bonchev–Trinajstić information content (AvgIpc) is 2.80. The van der Waals surface area contributed by atoms with Gasteiger partial charge < -0.3 is 4.42 Å². The van der Waals surface area contributed by atoms with E-state index in [1.165, 1.54) is 27.5 Å². The summed E-state index contributed by atoms with van der Waals surface area (Å²) in [6.07, 6.45) is 0. The summed E-state index contributed by atoms with van der Waals surface area (Å²) in [5.74, 6) is 0.480. The molecule has 0 saturated carbocycles. The van der Waals surface area contributed by atoms with Crippen LogP contribution >= 0.6 is 0 Å². The Morgan fingerprint density at radius 1 is 0.950 bits per heavy atom. The van der Waals surface area contributed by atoms with Gasteiger partial charge in [0.2, 0.25) is 0 Å². The number of rotatable bonds is 1. The molecule has 0 aliphatic carbocycles. The second kappa shape index (κ2) is 5.70. The van der Waals surface area contributed by atoms with E-state index in [4.69, 9.17) is 4.42 Å². The first-order valence-electron chi connectivity index (χ1n) is 7.51. The minimum atomic E-state index is 0.480. The number of para-hydroxylation sites is 1. The van der Waals surface area contributed by atoms with Crippen LogP contribution in [-0.2, 0) is 0 Å². The Morgan fingerprint density at radius 2 is 1.60 bits per heavy atom. The van der Waals surface area contributed by atoms with Crippen LogP contribution in [0.5, 0.6) is 0 Å². The van der Waals surface area contributed by atoms with E-state index in [1.54, 1.807) is 0 Å². The Morgan fingerprint density at radius 3 is 2.25 bits per heavy atom. The van der Waals surface area contributed by atoms with Crippen molar-refractivity contribution in [1.29, 1.82) is 0 Å². The van der Waals surface area contributed by atoms with E-state index >= 15 is 0 Å². The number of fused-ring (bicyclic) bond motifs is 3. The summed E-state index contributed by atoms with van der Waals surface area (Å²) >= 11 is 0. The minimum Gasteiger partial charge on any atom is -0.456 e. The van der Waals surface area contributed by atoms with Crippen molar-refractivity contribution in [3.05, 3.63) is 47.0 Å². The smallest absolute Gasteiger partial charge is 0.139 e. The first-order chi connectivity index (χ1) is 9.59. The van der Waals surface area contributed by atoms with Crippen molar-refractivity contribution in [2.75, 3.05) is 0 Å². The summed E-state index contributed by atoms with van der Waals surface area (Å²) in [4.78, 5) is 0. The van der Waals surface area contributed by atoms with Crippen LogP contribution in [-0.4, -0.2) is 0 Å². The molecule has 106 valence electrons. The predicted molar refractivity (Wildman–Crippen MR) is 88.6 cm³/mol. The van der Waals surface area contributed by atoms with Gasteiger partial charge >= 0.3 is 0 Å². The van der Waals surface area contributed by atoms with Crippen LogP contribution in [0.25, 0.3) is 21.9 Å². The van der Waals surface area contributed by atoms with E-state index in [0.717, 1.165) is 11.2 Å². The molecule has 0 unspecified atom stereocenters. The third-order valence-electron chi connectivity index (χ3n) is 3.81. The van der Waals surface area contributed by atoms with E-state index in [9.17, 15) is 0 Å². The lowest BCUT2D eigenvalue weighted by molar-refractivity contribution is 0.655. The molecule has 0 atom stereocenters. The lowest BCUT2D eigenvalue weighted by atomic mass is 9.92. The van der Waals surface area contributed by atoms with Crippen LogP contribution in [0.3, 0.4) is 0 Å². The van der Waals surface area contributed by atoms with E-state index in [2.05, 4.69) is 45.9 Å². The Labute approximate surface area is 121 Å². The standard InChI is InChI=1S/C17H18O.C2H6/c1-10(2)16-12(4)11(3)9-14-13-7-5-6-8-15(13)18-17(14)16;1-2/h5-10H,1-4H3;1-2H3. The summed E-state index contributed by atoms with van der Waals surface area (Å²) in [6.45, 7) is 12.8. The zero-order valence-corrected chi connectivity index (χ0v) is 13.4. The third kappa shape index (κ3) is 2.22. The van der Waals surface area contributed by atoms with Gasteiger partial charge in [0, 0.05) is 16.3 Å². The third-order valence-corrected chi connectivity index (χ3v) is 3.81. The molecule has 1 heteroatoms. The van der Waals surface area contributed by atoms with Crippen LogP contribution in [0.4, 0.5) is 0 Å². The average molecular weight is 268 g/mol. The highest BCUT2D eigenvalue weighted by Crippen LogP contribution is 2.37.